The topological polar surface area (TPSA) is 32.3 Å². The SMILES string of the molecule is Cc1ccccc1CCC(=O)N1CC2CNCC2C1. The number of carbonyl (C=O) groups is 1. The van der Waals surface area contributed by atoms with Gasteiger partial charge in [0.25, 0.3) is 0 Å². The molecule has 0 bridgehead atoms. The normalized spacial score (nSPS) is 25.6. The largest absolute Gasteiger partial charge is 0.342 e. The molecule has 1 N–H and O–H groups in total. The van der Waals surface area contributed by atoms with Crippen LogP contribution in [0.4, 0.5) is 0 Å². The molecule has 2 atom stereocenters. The van der Waals surface area contributed by atoms with Gasteiger partial charge in [0.1, 0.15) is 0 Å². The Bertz CT molecular complexity index is 460. The summed E-state index contributed by atoms with van der Waals surface area (Å²) in [5.41, 5.74) is 2.59. The molecule has 2 unspecified atom stereocenters. The average molecular weight is 258 g/mol. The number of fused-ring (bicyclic) bond motifs is 1. The number of nitrogens with zero attached hydrogens (tertiary/aromatic N) is 1. The van der Waals surface area contributed by atoms with Crippen molar-refractivity contribution in [2.45, 2.75) is 19.8 Å². The third kappa shape index (κ3) is 2.66. The summed E-state index contributed by atoms with van der Waals surface area (Å²) in [4.78, 5) is 14.3. The van der Waals surface area contributed by atoms with E-state index in [0.717, 1.165) is 32.6 Å². The fourth-order valence-corrected chi connectivity index (χ4v) is 3.35. The van der Waals surface area contributed by atoms with E-state index >= 15 is 0 Å². The Morgan fingerprint density at radius 1 is 1.26 bits per heavy atom. The Labute approximate surface area is 115 Å². The zero-order chi connectivity index (χ0) is 13.2. The maximum Gasteiger partial charge on any atom is 0.222 e. The standard InChI is InChI=1S/C16H22N2O/c1-12-4-2-3-5-13(12)6-7-16(19)18-10-14-8-17-9-15(14)11-18/h2-5,14-15,17H,6-11H2,1H3. The summed E-state index contributed by atoms with van der Waals surface area (Å²) in [5.74, 6) is 1.72. The van der Waals surface area contributed by atoms with Gasteiger partial charge in [0.05, 0.1) is 0 Å². The van der Waals surface area contributed by atoms with E-state index in [4.69, 9.17) is 0 Å². The summed E-state index contributed by atoms with van der Waals surface area (Å²) in [6, 6.07) is 8.35. The number of carbonyl (C=O) groups excluding carboxylic acids is 1. The lowest BCUT2D eigenvalue weighted by molar-refractivity contribution is -0.130. The Kier molecular flexibility index (Phi) is 3.56. The molecule has 19 heavy (non-hydrogen) atoms. The van der Waals surface area contributed by atoms with Crippen LogP contribution in [0.2, 0.25) is 0 Å². The summed E-state index contributed by atoms with van der Waals surface area (Å²) in [6.07, 6.45) is 1.52. The second-order valence-corrected chi connectivity index (χ2v) is 5.90. The number of amides is 1. The number of aryl methyl sites for hydroxylation is 2. The lowest BCUT2D eigenvalue weighted by atomic mass is 10.0. The van der Waals surface area contributed by atoms with Crippen molar-refractivity contribution in [1.82, 2.24) is 10.2 Å². The maximum absolute atomic E-state index is 12.3. The van der Waals surface area contributed by atoms with Crippen molar-refractivity contribution in [2.75, 3.05) is 26.2 Å². The van der Waals surface area contributed by atoms with Gasteiger partial charge in [-0.1, -0.05) is 24.3 Å². The van der Waals surface area contributed by atoms with Gasteiger partial charge >= 0.3 is 0 Å². The van der Waals surface area contributed by atoms with Crippen LogP contribution in [0.3, 0.4) is 0 Å². The summed E-state index contributed by atoms with van der Waals surface area (Å²) < 4.78 is 0. The molecule has 0 radical (unpaired) electrons. The Hall–Kier alpha value is -1.35. The smallest absolute Gasteiger partial charge is 0.222 e. The molecule has 0 aliphatic carbocycles. The molecule has 2 fully saturated rings. The fraction of sp³-hybridized carbons (Fsp3) is 0.562. The molecule has 3 rings (SSSR count). The van der Waals surface area contributed by atoms with E-state index in [2.05, 4.69) is 41.4 Å². The van der Waals surface area contributed by atoms with Crippen molar-refractivity contribution >= 4 is 5.91 Å². The first-order valence-electron chi connectivity index (χ1n) is 7.27. The maximum atomic E-state index is 12.3. The van der Waals surface area contributed by atoms with Crippen LogP contribution in [0.25, 0.3) is 0 Å². The first kappa shape index (κ1) is 12.7. The molecule has 2 heterocycles. The highest BCUT2D eigenvalue weighted by molar-refractivity contribution is 5.76. The molecule has 102 valence electrons. The molecule has 3 nitrogen and oxygen atoms in total. The fourth-order valence-electron chi connectivity index (χ4n) is 3.35. The van der Waals surface area contributed by atoms with E-state index in [1.807, 2.05) is 0 Å². The first-order valence-corrected chi connectivity index (χ1v) is 7.27. The molecule has 1 aromatic carbocycles. The third-order valence-corrected chi connectivity index (χ3v) is 4.61. The zero-order valence-corrected chi connectivity index (χ0v) is 11.6. The van der Waals surface area contributed by atoms with Crippen molar-refractivity contribution in [3.8, 4) is 0 Å². The van der Waals surface area contributed by atoms with Gasteiger partial charge in [-0.15, -0.1) is 0 Å². The third-order valence-electron chi connectivity index (χ3n) is 4.61. The van der Waals surface area contributed by atoms with E-state index in [-0.39, 0.29) is 0 Å². The average Bonchev–Trinajstić information content (AvgIpc) is 2.98. The number of hydrogen-bond acceptors (Lipinski definition) is 2. The van der Waals surface area contributed by atoms with Crippen LogP contribution in [0.15, 0.2) is 24.3 Å². The summed E-state index contributed by atoms with van der Waals surface area (Å²) in [7, 11) is 0. The minimum atomic E-state index is 0.331. The highest BCUT2D eigenvalue weighted by atomic mass is 16.2. The van der Waals surface area contributed by atoms with Crippen LogP contribution in [-0.4, -0.2) is 37.0 Å². The molecular weight excluding hydrogens is 236 g/mol. The van der Waals surface area contributed by atoms with E-state index in [1.165, 1.54) is 11.1 Å². The molecule has 0 spiro atoms. The van der Waals surface area contributed by atoms with E-state index in [9.17, 15) is 4.79 Å². The molecular formula is C16H22N2O. The van der Waals surface area contributed by atoms with Crippen LogP contribution < -0.4 is 5.32 Å². The quantitative estimate of drug-likeness (QED) is 0.893. The molecule has 3 heteroatoms. The number of hydrogen-bond donors (Lipinski definition) is 1. The zero-order valence-electron chi connectivity index (χ0n) is 11.6. The molecule has 0 aromatic heterocycles. The lowest BCUT2D eigenvalue weighted by Gasteiger charge is -2.17. The van der Waals surface area contributed by atoms with E-state index in [0.29, 0.717) is 24.2 Å². The van der Waals surface area contributed by atoms with Crippen LogP contribution >= 0.6 is 0 Å². The van der Waals surface area contributed by atoms with Crippen LogP contribution in [-0.2, 0) is 11.2 Å². The Balaban J connectivity index is 1.54. The minimum absolute atomic E-state index is 0.331. The molecule has 2 saturated heterocycles. The van der Waals surface area contributed by atoms with E-state index in [1.54, 1.807) is 0 Å². The Morgan fingerprint density at radius 2 is 1.95 bits per heavy atom. The van der Waals surface area contributed by atoms with Crippen molar-refractivity contribution in [3.63, 3.8) is 0 Å². The van der Waals surface area contributed by atoms with Crippen LogP contribution in [0.5, 0.6) is 0 Å². The second kappa shape index (κ2) is 5.33. The first-order chi connectivity index (χ1) is 9.24. The van der Waals surface area contributed by atoms with Crippen molar-refractivity contribution in [3.05, 3.63) is 35.4 Å². The van der Waals surface area contributed by atoms with E-state index < -0.39 is 0 Å². The number of rotatable bonds is 3. The highest BCUT2D eigenvalue weighted by Gasteiger charge is 2.37. The number of nitrogens with one attached hydrogen (secondary N) is 1. The van der Waals surface area contributed by atoms with Crippen molar-refractivity contribution in [1.29, 1.82) is 0 Å². The van der Waals surface area contributed by atoms with Gasteiger partial charge in [-0.25, -0.2) is 0 Å². The van der Waals surface area contributed by atoms with Crippen LogP contribution in [0, 0.1) is 18.8 Å². The molecule has 2 aliphatic heterocycles. The van der Waals surface area contributed by atoms with Gasteiger partial charge < -0.3 is 10.2 Å². The van der Waals surface area contributed by atoms with Gasteiger partial charge in [0, 0.05) is 32.6 Å². The highest BCUT2D eigenvalue weighted by Crippen LogP contribution is 2.26. The summed E-state index contributed by atoms with van der Waals surface area (Å²) in [6.45, 7) is 6.22. The van der Waals surface area contributed by atoms with Gasteiger partial charge in [0.15, 0.2) is 0 Å². The molecule has 1 amide bonds. The molecule has 2 aliphatic rings. The van der Waals surface area contributed by atoms with Crippen molar-refractivity contribution in [2.24, 2.45) is 11.8 Å². The Morgan fingerprint density at radius 3 is 2.63 bits per heavy atom. The predicted molar refractivity (Wildman–Crippen MR) is 75.9 cm³/mol. The minimum Gasteiger partial charge on any atom is -0.342 e. The monoisotopic (exact) mass is 258 g/mol. The van der Waals surface area contributed by atoms with Crippen LogP contribution in [0.1, 0.15) is 17.5 Å². The number of benzene rings is 1. The molecule has 1 aromatic rings. The van der Waals surface area contributed by atoms with Gasteiger partial charge in [-0.3, -0.25) is 4.79 Å². The lowest BCUT2D eigenvalue weighted by Crippen LogP contribution is -2.32. The second-order valence-electron chi connectivity index (χ2n) is 5.90. The van der Waals surface area contributed by atoms with Crippen molar-refractivity contribution < 1.29 is 4.79 Å². The van der Waals surface area contributed by atoms with Gasteiger partial charge in [-0.05, 0) is 36.3 Å². The number of likely N-dealkylation sites (tertiary alicyclic amines) is 1. The van der Waals surface area contributed by atoms with Gasteiger partial charge in [0.2, 0.25) is 5.91 Å². The summed E-state index contributed by atoms with van der Waals surface area (Å²) in [5, 5.41) is 3.41. The summed E-state index contributed by atoms with van der Waals surface area (Å²) >= 11 is 0. The molecule has 0 saturated carbocycles. The predicted octanol–water partition coefficient (Wildman–Crippen LogP) is 1.61. The van der Waals surface area contributed by atoms with Gasteiger partial charge in [-0.2, -0.15) is 0 Å².